The highest BCUT2D eigenvalue weighted by Gasteiger charge is 2.27. The summed E-state index contributed by atoms with van der Waals surface area (Å²) in [5.74, 6) is -0.179. The molecule has 4 aromatic rings. The van der Waals surface area contributed by atoms with E-state index >= 15 is 0 Å². The molecule has 0 unspecified atom stereocenters. The van der Waals surface area contributed by atoms with Crippen molar-refractivity contribution in [3.8, 4) is 5.75 Å². The molecule has 3 aromatic carbocycles. The van der Waals surface area contributed by atoms with Crippen LogP contribution in [0.1, 0.15) is 64.7 Å². The van der Waals surface area contributed by atoms with E-state index in [1.807, 2.05) is 76.3 Å². The second-order valence-electron chi connectivity index (χ2n) is 12.7. The van der Waals surface area contributed by atoms with Crippen LogP contribution in [0.4, 0.5) is 5.69 Å². The summed E-state index contributed by atoms with van der Waals surface area (Å²) in [6.45, 7) is 7.60. The van der Waals surface area contributed by atoms with Gasteiger partial charge < -0.3 is 26.0 Å². The van der Waals surface area contributed by atoms with E-state index in [9.17, 15) is 14.4 Å². The van der Waals surface area contributed by atoms with Crippen LogP contribution in [-0.4, -0.2) is 48.9 Å². The first-order valence-electron chi connectivity index (χ1n) is 15.9. The first-order valence-corrected chi connectivity index (χ1v) is 15.9. The summed E-state index contributed by atoms with van der Waals surface area (Å²) in [5, 5.41) is 11.8. The standard InChI is InChI=1S/C38H45N5O4/c1-38(2,3)25-34(37(46)42-32-17-12-27(13-18-32)11-16-31-10-5-6-21-40-31)43-36(45)30-9-7-8-28(24-30)26-41-35(44)29-14-19-33(20-15-29)47-23-22-39-4/h5-10,12-15,17-21,24,34,39H,11,16,22-23,25-26H2,1-4H3,(H,41,44)(H,42,46)(H,43,45)/t34-/m0/s1. The van der Waals surface area contributed by atoms with Crippen molar-refractivity contribution >= 4 is 23.4 Å². The molecule has 3 amide bonds. The molecular weight excluding hydrogens is 590 g/mol. The number of hydrogen-bond donors (Lipinski definition) is 4. The lowest BCUT2D eigenvalue weighted by atomic mass is 9.87. The lowest BCUT2D eigenvalue weighted by Gasteiger charge is -2.26. The van der Waals surface area contributed by atoms with Crippen molar-refractivity contribution < 1.29 is 19.1 Å². The summed E-state index contributed by atoms with van der Waals surface area (Å²) in [6, 6.07) is 26.9. The Hall–Kier alpha value is -5.02. The first kappa shape index (κ1) is 34.8. The predicted octanol–water partition coefficient (Wildman–Crippen LogP) is 5.57. The lowest BCUT2D eigenvalue weighted by Crippen LogP contribution is -2.45. The average molecular weight is 636 g/mol. The average Bonchev–Trinajstić information content (AvgIpc) is 3.07. The fraction of sp³-hybridized carbons (Fsp3) is 0.316. The largest absolute Gasteiger partial charge is 0.492 e. The quantitative estimate of drug-likeness (QED) is 0.127. The number of amides is 3. The van der Waals surface area contributed by atoms with E-state index in [0.29, 0.717) is 35.6 Å². The minimum Gasteiger partial charge on any atom is -0.492 e. The number of nitrogens with zero attached hydrogens (tertiary/aromatic N) is 1. The van der Waals surface area contributed by atoms with Crippen molar-refractivity contribution in [2.45, 2.75) is 52.6 Å². The fourth-order valence-electron chi connectivity index (χ4n) is 4.95. The SMILES string of the molecule is CNCCOc1ccc(C(=O)NCc2cccc(C(=O)N[C@@H](CC(C)(C)C)C(=O)Nc3ccc(CCc4ccccn4)cc3)c2)cc1. The van der Waals surface area contributed by atoms with Crippen LogP contribution in [-0.2, 0) is 24.2 Å². The molecule has 9 nitrogen and oxygen atoms in total. The molecule has 0 aliphatic rings. The van der Waals surface area contributed by atoms with Gasteiger partial charge in [0.2, 0.25) is 5.91 Å². The minimum absolute atomic E-state index is 0.214. The van der Waals surface area contributed by atoms with Crippen molar-refractivity contribution in [2.24, 2.45) is 5.41 Å². The Morgan fingerprint density at radius 1 is 0.809 bits per heavy atom. The Morgan fingerprint density at radius 2 is 1.57 bits per heavy atom. The topological polar surface area (TPSA) is 121 Å². The van der Waals surface area contributed by atoms with Gasteiger partial charge in [0.1, 0.15) is 18.4 Å². The van der Waals surface area contributed by atoms with Crippen LogP contribution in [0.2, 0.25) is 0 Å². The van der Waals surface area contributed by atoms with Gasteiger partial charge in [-0.1, -0.05) is 51.1 Å². The van der Waals surface area contributed by atoms with E-state index in [-0.39, 0.29) is 29.7 Å². The van der Waals surface area contributed by atoms with Gasteiger partial charge in [-0.15, -0.1) is 0 Å². The Bertz CT molecular complexity index is 1600. The molecule has 0 radical (unpaired) electrons. The molecule has 0 spiro atoms. The van der Waals surface area contributed by atoms with E-state index in [0.717, 1.165) is 36.2 Å². The molecular formula is C38H45N5O4. The predicted molar refractivity (Wildman–Crippen MR) is 186 cm³/mol. The number of anilines is 1. The van der Waals surface area contributed by atoms with E-state index < -0.39 is 6.04 Å². The van der Waals surface area contributed by atoms with Gasteiger partial charge in [0.05, 0.1) is 0 Å². The Balaban J connectivity index is 1.33. The zero-order valence-corrected chi connectivity index (χ0v) is 27.6. The summed E-state index contributed by atoms with van der Waals surface area (Å²) in [6.07, 6.45) is 3.92. The maximum absolute atomic E-state index is 13.4. The molecule has 0 saturated carbocycles. The van der Waals surface area contributed by atoms with Gasteiger partial charge in [-0.3, -0.25) is 19.4 Å². The first-order chi connectivity index (χ1) is 22.6. The number of pyridine rings is 1. The zero-order valence-electron chi connectivity index (χ0n) is 27.6. The van der Waals surface area contributed by atoms with Gasteiger partial charge in [-0.2, -0.15) is 0 Å². The number of rotatable bonds is 15. The third-order valence-electron chi connectivity index (χ3n) is 7.44. The Morgan fingerprint density at radius 3 is 2.26 bits per heavy atom. The molecule has 1 heterocycles. The van der Waals surface area contributed by atoms with E-state index in [1.165, 1.54) is 0 Å². The molecule has 1 aromatic heterocycles. The molecule has 0 saturated heterocycles. The summed E-state index contributed by atoms with van der Waals surface area (Å²) in [7, 11) is 1.86. The number of aromatic nitrogens is 1. The second kappa shape index (κ2) is 17.1. The van der Waals surface area contributed by atoms with Gasteiger partial charge in [-0.05, 0) is 104 Å². The van der Waals surface area contributed by atoms with E-state index in [1.54, 1.807) is 48.7 Å². The maximum atomic E-state index is 13.4. The van der Waals surface area contributed by atoms with Crippen LogP contribution in [0.3, 0.4) is 0 Å². The van der Waals surface area contributed by atoms with Crippen molar-refractivity contribution in [1.82, 2.24) is 20.9 Å². The molecule has 4 N–H and O–H groups in total. The third kappa shape index (κ3) is 11.7. The molecule has 0 bridgehead atoms. The number of aryl methyl sites for hydroxylation is 2. The smallest absolute Gasteiger partial charge is 0.251 e. The summed E-state index contributed by atoms with van der Waals surface area (Å²) in [5.41, 5.74) is 4.31. The fourth-order valence-corrected chi connectivity index (χ4v) is 4.95. The van der Waals surface area contributed by atoms with Crippen LogP contribution in [0.25, 0.3) is 0 Å². The van der Waals surface area contributed by atoms with Gasteiger partial charge in [-0.25, -0.2) is 0 Å². The molecule has 47 heavy (non-hydrogen) atoms. The molecule has 246 valence electrons. The molecule has 4 rings (SSSR count). The summed E-state index contributed by atoms with van der Waals surface area (Å²) < 4.78 is 5.61. The molecule has 9 heteroatoms. The minimum atomic E-state index is -0.750. The van der Waals surface area contributed by atoms with Gasteiger partial charge in [0, 0.05) is 41.8 Å². The maximum Gasteiger partial charge on any atom is 0.251 e. The highest BCUT2D eigenvalue weighted by atomic mass is 16.5. The van der Waals surface area contributed by atoms with Crippen molar-refractivity contribution in [3.63, 3.8) is 0 Å². The highest BCUT2D eigenvalue weighted by molar-refractivity contribution is 6.01. The molecule has 0 aliphatic carbocycles. The number of carbonyl (C=O) groups is 3. The monoisotopic (exact) mass is 635 g/mol. The molecule has 0 aliphatic heterocycles. The zero-order chi connectivity index (χ0) is 33.6. The van der Waals surface area contributed by atoms with Gasteiger partial charge in [0.15, 0.2) is 0 Å². The van der Waals surface area contributed by atoms with Crippen LogP contribution < -0.4 is 26.0 Å². The van der Waals surface area contributed by atoms with E-state index in [2.05, 4.69) is 26.3 Å². The third-order valence-corrected chi connectivity index (χ3v) is 7.44. The number of nitrogens with one attached hydrogen (secondary N) is 4. The number of likely N-dealkylation sites (N-methyl/N-ethyl adjacent to an activating group) is 1. The molecule has 1 atom stereocenters. The highest BCUT2D eigenvalue weighted by Crippen LogP contribution is 2.22. The number of hydrogen-bond acceptors (Lipinski definition) is 6. The summed E-state index contributed by atoms with van der Waals surface area (Å²) in [4.78, 5) is 43.9. The Labute approximate surface area is 277 Å². The van der Waals surface area contributed by atoms with Gasteiger partial charge in [0.25, 0.3) is 11.8 Å². The lowest BCUT2D eigenvalue weighted by molar-refractivity contribution is -0.118. The van der Waals surface area contributed by atoms with Crippen molar-refractivity contribution in [3.05, 3.63) is 125 Å². The van der Waals surface area contributed by atoms with Crippen LogP contribution in [0.5, 0.6) is 5.75 Å². The second-order valence-corrected chi connectivity index (χ2v) is 12.7. The number of ether oxygens (including phenoxy) is 1. The van der Waals surface area contributed by atoms with Crippen molar-refractivity contribution in [1.29, 1.82) is 0 Å². The van der Waals surface area contributed by atoms with Crippen LogP contribution >= 0.6 is 0 Å². The normalized spacial score (nSPS) is 11.7. The number of benzene rings is 3. The van der Waals surface area contributed by atoms with Crippen LogP contribution in [0, 0.1) is 5.41 Å². The number of carbonyl (C=O) groups excluding carboxylic acids is 3. The Kier molecular flexibility index (Phi) is 12.6. The van der Waals surface area contributed by atoms with Crippen molar-refractivity contribution in [2.75, 3.05) is 25.5 Å². The van der Waals surface area contributed by atoms with Gasteiger partial charge >= 0.3 is 0 Å². The summed E-state index contributed by atoms with van der Waals surface area (Å²) >= 11 is 0. The van der Waals surface area contributed by atoms with E-state index in [4.69, 9.17) is 4.74 Å². The molecule has 0 fully saturated rings. The van der Waals surface area contributed by atoms with Crippen LogP contribution in [0.15, 0.2) is 97.2 Å².